The second kappa shape index (κ2) is 10.0. The molecular formula is C32H29BrN2O5. The Kier molecular flexibility index (Phi) is 6.61. The highest BCUT2D eigenvalue weighted by molar-refractivity contribution is 9.10. The van der Waals surface area contributed by atoms with E-state index in [9.17, 15) is 19.2 Å². The number of imide groups is 1. The summed E-state index contributed by atoms with van der Waals surface area (Å²) in [5.41, 5.74) is 5.79. The molecule has 204 valence electrons. The van der Waals surface area contributed by atoms with Gasteiger partial charge in [0.05, 0.1) is 11.8 Å². The normalized spacial score (nSPS) is 23.0. The molecule has 1 fully saturated rings. The van der Waals surface area contributed by atoms with Gasteiger partial charge in [0.15, 0.2) is 6.61 Å². The predicted molar refractivity (Wildman–Crippen MR) is 152 cm³/mol. The molecule has 1 heterocycles. The zero-order chi connectivity index (χ0) is 28.3. The summed E-state index contributed by atoms with van der Waals surface area (Å²) >= 11 is 3.43. The van der Waals surface area contributed by atoms with Crippen LogP contribution in [0.1, 0.15) is 53.5 Å². The number of benzene rings is 3. The number of anilines is 1. The van der Waals surface area contributed by atoms with Crippen LogP contribution >= 0.6 is 15.9 Å². The average Bonchev–Trinajstić information content (AvgIpc) is 3.20. The van der Waals surface area contributed by atoms with Crippen molar-refractivity contribution in [3.8, 4) is 0 Å². The maximum atomic E-state index is 14.1. The van der Waals surface area contributed by atoms with E-state index in [1.165, 1.54) is 0 Å². The second-order valence-electron chi connectivity index (χ2n) is 11.1. The number of nitrogens with one attached hydrogen (secondary N) is 1. The van der Waals surface area contributed by atoms with Crippen LogP contribution in [0.25, 0.3) is 0 Å². The molecular weight excluding hydrogens is 572 g/mol. The number of hydrogen-bond acceptors (Lipinski definition) is 5. The van der Waals surface area contributed by atoms with E-state index in [4.69, 9.17) is 4.74 Å². The highest BCUT2D eigenvalue weighted by Crippen LogP contribution is 2.61. The Balaban J connectivity index is 1.25. The first-order valence-corrected chi connectivity index (χ1v) is 14.3. The molecule has 1 saturated heterocycles. The van der Waals surface area contributed by atoms with Crippen LogP contribution in [0.5, 0.6) is 0 Å². The monoisotopic (exact) mass is 600 g/mol. The molecule has 8 heteroatoms. The number of nitrogens with zero attached hydrogens (tertiary/aromatic N) is 1. The molecule has 4 aliphatic rings. The van der Waals surface area contributed by atoms with Crippen molar-refractivity contribution in [1.82, 2.24) is 4.90 Å². The SMILES string of the molecule is Cc1cc(NC(=O)COC(=O)[C@H](C(C)C)N2C(=O)[C@@H]3C4c5ccccc5C(c5ccccc54)[C@@H]3C2=O)ccc1Br. The molecule has 7 rings (SSSR count). The van der Waals surface area contributed by atoms with E-state index in [1.807, 2.05) is 61.5 Å². The van der Waals surface area contributed by atoms with Gasteiger partial charge in [-0.3, -0.25) is 19.3 Å². The number of amides is 3. The topological polar surface area (TPSA) is 92.8 Å². The van der Waals surface area contributed by atoms with E-state index in [2.05, 4.69) is 21.2 Å². The van der Waals surface area contributed by atoms with Gasteiger partial charge in [-0.1, -0.05) is 78.3 Å². The van der Waals surface area contributed by atoms with E-state index in [1.54, 1.807) is 26.0 Å². The van der Waals surface area contributed by atoms with Gasteiger partial charge in [0.2, 0.25) is 11.8 Å². The van der Waals surface area contributed by atoms with Crippen molar-refractivity contribution in [2.24, 2.45) is 17.8 Å². The lowest BCUT2D eigenvalue weighted by Gasteiger charge is -2.45. The van der Waals surface area contributed by atoms with E-state index < -0.39 is 42.3 Å². The fourth-order valence-electron chi connectivity index (χ4n) is 6.79. The molecule has 0 saturated carbocycles. The maximum Gasteiger partial charge on any atom is 0.330 e. The van der Waals surface area contributed by atoms with Crippen molar-refractivity contribution in [2.75, 3.05) is 11.9 Å². The molecule has 0 spiro atoms. The van der Waals surface area contributed by atoms with Gasteiger partial charge in [0.1, 0.15) is 6.04 Å². The second-order valence-corrected chi connectivity index (χ2v) is 12.0. The summed E-state index contributed by atoms with van der Waals surface area (Å²) in [6, 6.07) is 20.2. The number of aryl methyl sites for hydroxylation is 1. The summed E-state index contributed by atoms with van der Waals surface area (Å²) < 4.78 is 6.32. The van der Waals surface area contributed by atoms with Crippen LogP contribution in [0.3, 0.4) is 0 Å². The Morgan fingerprint density at radius 1 is 0.875 bits per heavy atom. The highest BCUT2D eigenvalue weighted by atomic mass is 79.9. The molecule has 1 N–H and O–H groups in total. The van der Waals surface area contributed by atoms with Gasteiger partial charge in [-0.2, -0.15) is 0 Å². The molecule has 7 nitrogen and oxygen atoms in total. The van der Waals surface area contributed by atoms with Crippen molar-refractivity contribution in [3.63, 3.8) is 0 Å². The van der Waals surface area contributed by atoms with Crippen LogP contribution in [-0.4, -0.2) is 41.2 Å². The molecule has 0 aromatic heterocycles. The number of esters is 1. The van der Waals surface area contributed by atoms with Crippen LogP contribution in [0.2, 0.25) is 0 Å². The van der Waals surface area contributed by atoms with Crippen LogP contribution in [0.15, 0.2) is 71.2 Å². The van der Waals surface area contributed by atoms with Crippen molar-refractivity contribution >= 4 is 45.3 Å². The number of rotatable bonds is 6. The van der Waals surface area contributed by atoms with Crippen molar-refractivity contribution in [2.45, 2.75) is 38.6 Å². The van der Waals surface area contributed by atoms with E-state index >= 15 is 0 Å². The predicted octanol–water partition coefficient (Wildman–Crippen LogP) is 5.16. The quantitative estimate of drug-likeness (QED) is 0.312. The third kappa shape index (κ3) is 4.08. The Bertz CT molecular complexity index is 1450. The number of carbonyl (C=O) groups is 4. The summed E-state index contributed by atoms with van der Waals surface area (Å²) in [6.07, 6.45) is 0. The lowest BCUT2D eigenvalue weighted by atomic mass is 9.55. The Morgan fingerprint density at radius 3 is 1.82 bits per heavy atom. The lowest BCUT2D eigenvalue weighted by Crippen LogP contribution is -2.49. The fourth-order valence-corrected chi connectivity index (χ4v) is 7.04. The van der Waals surface area contributed by atoms with Crippen LogP contribution < -0.4 is 5.32 Å². The van der Waals surface area contributed by atoms with Gasteiger partial charge in [-0.05, 0) is 58.9 Å². The molecule has 0 radical (unpaired) electrons. The summed E-state index contributed by atoms with van der Waals surface area (Å²) in [7, 11) is 0. The van der Waals surface area contributed by atoms with Gasteiger partial charge in [-0.15, -0.1) is 0 Å². The van der Waals surface area contributed by atoms with Crippen molar-refractivity contribution in [1.29, 1.82) is 0 Å². The van der Waals surface area contributed by atoms with Crippen LogP contribution in [-0.2, 0) is 23.9 Å². The average molecular weight is 601 g/mol. The fraction of sp³-hybridized carbons (Fsp3) is 0.312. The first-order valence-electron chi connectivity index (χ1n) is 13.5. The van der Waals surface area contributed by atoms with Gasteiger partial charge < -0.3 is 10.1 Å². The smallest absolute Gasteiger partial charge is 0.330 e. The number of halogens is 1. The van der Waals surface area contributed by atoms with Gasteiger partial charge in [0, 0.05) is 22.0 Å². The van der Waals surface area contributed by atoms with E-state index in [0.717, 1.165) is 37.2 Å². The Morgan fingerprint density at radius 2 is 1.38 bits per heavy atom. The summed E-state index contributed by atoms with van der Waals surface area (Å²) in [5, 5.41) is 2.72. The largest absolute Gasteiger partial charge is 0.454 e. The minimum absolute atomic E-state index is 0.257. The minimum atomic E-state index is -1.13. The number of likely N-dealkylation sites (tertiary alicyclic amines) is 1. The number of hydrogen-bond donors (Lipinski definition) is 1. The van der Waals surface area contributed by atoms with Crippen molar-refractivity contribution in [3.05, 3.63) is 99.0 Å². The first-order chi connectivity index (χ1) is 19.2. The van der Waals surface area contributed by atoms with E-state index in [0.29, 0.717) is 5.69 Å². The summed E-state index contributed by atoms with van der Waals surface area (Å²) in [6.45, 7) is 4.93. The maximum absolute atomic E-state index is 14.1. The molecule has 3 atom stereocenters. The summed E-state index contributed by atoms with van der Waals surface area (Å²) in [5.74, 6) is -4.05. The molecule has 3 aliphatic carbocycles. The zero-order valence-electron chi connectivity index (χ0n) is 22.4. The number of ether oxygens (including phenoxy) is 1. The molecule has 1 aliphatic heterocycles. The third-order valence-corrected chi connectivity index (χ3v) is 9.31. The molecule has 2 bridgehead atoms. The minimum Gasteiger partial charge on any atom is -0.454 e. The molecule has 40 heavy (non-hydrogen) atoms. The molecule has 3 amide bonds. The lowest BCUT2D eigenvalue weighted by molar-refractivity contribution is -0.162. The van der Waals surface area contributed by atoms with E-state index in [-0.39, 0.29) is 23.7 Å². The zero-order valence-corrected chi connectivity index (χ0v) is 24.0. The Labute approximate surface area is 241 Å². The molecule has 3 aromatic rings. The van der Waals surface area contributed by atoms with Gasteiger partial charge in [0.25, 0.3) is 5.91 Å². The standard InChI is InChI=1S/C32H29BrN2O5/c1-16(2)29(32(39)40-15-24(36)34-18-12-13-23(33)17(3)14-18)35-30(37)27-25-19-8-4-5-9-20(19)26(28(27)31(35)38)22-11-7-6-10-21(22)25/h4-14,16,25-29H,15H2,1-3H3,(H,34,36)/t25?,26?,27-,28+,29-/m0/s1. The molecule has 0 unspecified atom stereocenters. The number of carbonyl (C=O) groups excluding carboxylic acids is 4. The first kappa shape index (κ1) is 26.4. The van der Waals surface area contributed by atoms with Crippen LogP contribution in [0.4, 0.5) is 5.69 Å². The Hall–Kier alpha value is -3.78. The summed E-state index contributed by atoms with van der Waals surface area (Å²) in [4.78, 5) is 55.2. The highest BCUT2D eigenvalue weighted by Gasteiger charge is 2.63. The molecule has 3 aromatic carbocycles. The van der Waals surface area contributed by atoms with Gasteiger partial charge in [-0.25, -0.2) is 4.79 Å². The van der Waals surface area contributed by atoms with Crippen molar-refractivity contribution < 1.29 is 23.9 Å². The van der Waals surface area contributed by atoms with Gasteiger partial charge >= 0.3 is 5.97 Å². The third-order valence-electron chi connectivity index (χ3n) is 8.42. The van der Waals surface area contributed by atoms with Crippen LogP contribution in [0, 0.1) is 24.7 Å².